The molecule has 0 aliphatic rings. The first-order chi connectivity index (χ1) is 9.54. The predicted octanol–water partition coefficient (Wildman–Crippen LogP) is 2.59. The monoisotopic (exact) mass is 288 g/mol. The van der Waals surface area contributed by atoms with E-state index in [1.54, 1.807) is 24.3 Å². The standard InChI is InChI=1S/C14H9ClN2O3/c15-8-2-3-9(10(16)6-8)13(18)7-1-4-11-12(5-7)20-14(19)17-11/h1-6H,16H2,(H,17,19). The maximum atomic E-state index is 12.4. The highest BCUT2D eigenvalue weighted by Gasteiger charge is 2.14. The third-order valence-corrected chi connectivity index (χ3v) is 3.18. The molecule has 0 bridgehead atoms. The lowest BCUT2D eigenvalue weighted by atomic mass is 10.0. The number of fused-ring (bicyclic) bond motifs is 1. The lowest BCUT2D eigenvalue weighted by Gasteiger charge is -2.05. The van der Waals surface area contributed by atoms with E-state index in [1.807, 2.05) is 0 Å². The van der Waals surface area contributed by atoms with Crippen LogP contribution in [-0.2, 0) is 0 Å². The number of benzene rings is 2. The number of oxazole rings is 1. The molecule has 0 amide bonds. The summed E-state index contributed by atoms with van der Waals surface area (Å²) >= 11 is 5.80. The topological polar surface area (TPSA) is 89.1 Å². The first-order valence-electron chi connectivity index (χ1n) is 5.77. The summed E-state index contributed by atoms with van der Waals surface area (Å²) in [6, 6.07) is 9.40. The quantitative estimate of drug-likeness (QED) is 0.560. The Bertz CT molecular complexity index is 880. The van der Waals surface area contributed by atoms with Crippen LogP contribution in [0.3, 0.4) is 0 Å². The molecule has 3 rings (SSSR count). The van der Waals surface area contributed by atoms with E-state index >= 15 is 0 Å². The van der Waals surface area contributed by atoms with Crippen molar-refractivity contribution >= 4 is 34.2 Å². The van der Waals surface area contributed by atoms with Gasteiger partial charge in [0.1, 0.15) is 0 Å². The van der Waals surface area contributed by atoms with Gasteiger partial charge in [-0.05, 0) is 36.4 Å². The van der Waals surface area contributed by atoms with Crippen LogP contribution in [0.4, 0.5) is 5.69 Å². The van der Waals surface area contributed by atoms with Gasteiger partial charge in [-0.1, -0.05) is 11.6 Å². The van der Waals surface area contributed by atoms with E-state index in [0.717, 1.165) is 0 Å². The summed E-state index contributed by atoms with van der Waals surface area (Å²) in [5, 5.41) is 0.464. The molecule has 0 aliphatic carbocycles. The maximum absolute atomic E-state index is 12.4. The summed E-state index contributed by atoms with van der Waals surface area (Å²) < 4.78 is 4.93. The molecular weight excluding hydrogens is 280 g/mol. The smallest absolute Gasteiger partial charge is 0.408 e. The van der Waals surface area contributed by atoms with Gasteiger partial charge in [0.05, 0.1) is 5.52 Å². The Kier molecular flexibility index (Phi) is 2.84. The largest absolute Gasteiger partial charge is 0.417 e. The molecule has 3 N–H and O–H groups in total. The molecule has 0 atom stereocenters. The Morgan fingerprint density at radius 3 is 2.75 bits per heavy atom. The molecule has 1 aromatic heterocycles. The van der Waals surface area contributed by atoms with Crippen molar-refractivity contribution in [2.75, 3.05) is 5.73 Å². The molecule has 5 nitrogen and oxygen atoms in total. The van der Waals surface area contributed by atoms with Crippen molar-refractivity contribution < 1.29 is 9.21 Å². The Morgan fingerprint density at radius 1 is 1.20 bits per heavy atom. The van der Waals surface area contributed by atoms with Gasteiger partial charge in [-0.2, -0.15) is 0 Å². The highest BCUT2D eigenvalue weighted by atomic mass is 35.5. The van der Waals surface area contributed by atoms with Gasteiger partial charge in [0, 0.05) is 21.8 Å². The molecule has 20 heavy (non-hydrogen) atoms. The molecule has 100 valence electrons. The van der Waals surface area contributed by atoms with Crippen LogP contribution in [0.15, 0.2) is 45.6 Å². The summed E-state index contributed by atoms with van der Waals surface area (Å²) in [4.78, 5) is 26.0. The van der Waals surface area contributed by atoms with Crippen LogP contribution in [0.5, 0.6) is 0 Å². The van der Waals surface area contributed by atoms with E-state index in [2.05, 4.69) is 4.98 Å². The molecule has 0 saturated carbocycles. The van der Waals surface area contributed by atoms with Gasteiger partial charge in [-0.15, -0.1) is 0 Å². The van der Waals surface area contributed by atoms with Gasteiger partial charge < -0.3 is 10.2 Å². The average molecular weight is 289 g/mol. The minimum atomic E-state index is -0.560. The van der Waals surface area contributed by atoms with Gasteiger partial charge >= 0.3 is 5.76 Å². The molecule has 0 saturated heterocycles. The molecular formula is C14H9ClN2O3. The van der Waals surface area contributed by atoms with Crippen molar-refractivity contribution in [3.05, 3.63) is 63.1 Å². The third-order valence-electron chi connectivity index (χ3n) is 2.94. The van der Waals surface area contributed by atoms with Crippen LogP contribution in [0.25, 0.3) is 11.1 Å². The van der Waals surface area contributed by atoms with Crippen molar-refractivity contribution in [3.8, 4) is 0 Å². The lowest BCUT2D eigenvalue weighted by Crippen LogP contribution is -2.05. The van der Waals surface area contributed by atoms with Gasteiger partial charge in [0.2, 0.25) is 0 Å². The third kappa shape index (κ3) is 2.08. The number of aromatic amines is 1. The van der Waals surface area contributed by atoms with Crippen molar-refractivity contribution in [3.63, 3.8) is 0 Å². The molecule has 0 spiro atoms. The van der Waals surface area contributed by atoms with E-state index in [9.17, 15) is 9.59 Å². The van der Waals surface area contributed by atoms with Gasteiger partial charge in [0.25, 0.3) is 0 Å². The van der Waals surface area contributed by atoms with Crippen LogP contribution in [-0.4, -0.2) is 10.8 Å². The number of ketones is 1. The molecule has 1 heterocycles. The van der Waals surface area contributed by atoms with E-state index in [0.29, 0.717) is 32.9 Å². The summed E-state index contributed by atoms with van der Waals surface area (Å²) in [6.45, 7) is 0. The van der Waals surface area contributed by atoms with Crippen LogP contribution < -0.4 is 11.5 Å². The molecule has 6 heteroatoms. The minimum Gasteiger partial charge on any atom is -0.408 e. The van der Waals surface area contributed by atoms with Crippen molar-refractivity contribution in [2.24, 2.45) is 0 Å². The molecule has 0 fully saturated rings. The number of halogens is 1. The lowest BCUT2D eigenvalue weighted by molar-refractivity contribution is 0.103. The maximum Gasteiger partial charge on any atom is 0.417 e. The van der Waals surface area contributed by atoms with Crippen LogP contribution in [0, 0.1) is 0 Å². The van der Waals surface area contributed by atoms with E-state index < -0.39 is 5.76 Å². The first kappa shape index (κ1) is 12.5. The molecule has 0 unspecified atom stereocenters. The number of hydrogen-bond acceptors (Lipinski definition) is 4. The highest BCUT2D eigenvalue weighted by molar-refractivity contribution is 6.31. The number of aromatic nitrogens is 1. The molecule has 3 aromatic rings. The Morgan fingerprint density at radius 2 is 2.00 bits per heavy atom. The summed E-state index contributed by atoms with van der Waals surface area (Å²) in [6.07, 6.45) is 0. The second kappa shape index (κ2) is 4.54. The Hall–Kier alpha value is -2.53. The predicted molar refractivity (Wildman–Crippen MR) is 76.1 cm³/mol. The van der Waals surface area contributed by atoms with E-state index in [-0.39, 0.29) is 5.78 Å². The van der Waals surface area contributed by atoms with Crippen LogP contribution in [0.1, 0.15) is 15.9 Å². The number of nitrogens with two attached hydrogens (primary N) is 1. The van der Waals surface area contributed by atoms with Gasteiger partial charge in [-0.25, -0.2) is 4.79 Å². The fourth-order valence-electron chi connectivity index (χ4n) is 1.98. The first-order valence-corrected chi connectivity index (χ1v) is 6.15. The SMILES string of the molecule is Nc1cc(Cl)ccc1C(=O)c1ccc2[nH]c(=O)oc2c1. The minimum absolute atomic E-state index is 0.259. The number of H-pyrrole nitrogens is 1. The summed E-state index contributed by atoms with van der Waals surface area (Å²) in [5.74, 6) is -0.819. The zero-order chi connectivity index (χ0) is 14.3. The summed E-state index contributed by atoms with van der Waals surface area (Å²) in [5.41, 5.74) is 7.70. The highest BCUT2D eigenvalue weighted by Crippen LogP contribution is 2.22. The van der Waals surface area contributed by atoms with Crippen molar-refractivity contribution in [1.82, 2.24) is 4.98 Å². The van der Waals surface area contributed by atoms with Crippen molar-refractivity contribution in [1.29, 1.82) is 0 Å². The fraction of sp³-hybridized carbons (Fsp3) is 0. The molecule has 0 aliphatic heterocycles. The van der Waals surface area contributed by atoms with Gasteiger partial charge in [-0.3, -0.25) is 9.78 Å². The zero-order valence-electron chi connectivity index (χ0n) is 10.1. The van der Waals surface area contributed by atoms with Gasteiger partial charge in [0.15, 0.2) is 11.4 Å². The van der Waals surface area contributed by atoms with Crippen LogP contribution in [0.2, 0.25) is 5.02 Å². The Balaban J connectivity index is 2.09. The second-order valence-corrected chi connectivity index (χ2v) is 4.72. The number of anilines is 1. The molecule has 2 aromatic carbocycles. The fourth-order valence-corrected chi connectivity index (χ4v) is 2.16. The van der Waals surface area contributed by atoms with Crippen molar-refractivity contribution in [2.45, 2.75) is 0 Å². The number of nitrogen functional groups attached to an aromatic ring is 1. The number of carbonyl (C=O) groups excluding carboxylic acids is 1. The normalized spacial score (nSPS) is 10.8. The van der Waals surface area contributed by atoms with E-state index in [1.165, 1.54) is 12.1 Å². The average Bonchev–Trinajstić information content (AvgIpc) is 2.77. The Labute approximate surface area is 118 Å². The summed E-state index contributed by atoms with van der Waals surface area (Å²) in [7, 11) is 0. The van der Waals surface area contributed by atoms with E-state index in [4.69, 9.17) is 21.8 Å². The molecule has 0 radical (unpaired) electrons. The number of nitrogens with one attached hydrogen (secondary N) is 1. The number of rotatable bonds is 2. The number of hydrogen-bond donors (Lipinski definition) is 2. The number of carbonyl (C=O) groups is 1. The zero-order valence-corrected chi connectivity index (χ0v) is 10.9. The second-order valence-electron chi connectivity index (χ2n) is 4.29. The van der Waals surface area contributed by atoms with Crippen LogP contribution >= 0.6 is 11.6 Å².